The summed E-state index contributed by atoms with van der Waals surface area (Å²) in [5.74, 6) is 1.88. The molecule has 1 atom stereocenters. The van der Waals surface area contributed by atoms with Gasteiger partial charge in [0.25, 0.3) is 11.4 Å². The third kappa shape index (κ3) is 6.08. The third-order valence-electron chi connectivity index (χ3n) is 8.05. The number of carbonyl (C=O) groups excluding carboxylic acids is 1. The van der Waals surface area contributed by atoms with Crippen molar-refractivity contribution in [3.8, 4) is 34.2 Å². The fourth-order valence-electron chi connectivity index (χ4n) is 5.38. The second-order valence-corrected chi connectivity index (χ2v) is 11.9. The van der Waals surface area contributed by atoms with E-state index in [4.69, 9.17) is 9.26 Å². The molecule has 3 aromatic heterocycles. The number of hydrogen-bond acceptors (Lipinski definition) is 9. The number of nitrogens with zero attached hydrogens (tertiary/aromatic N) is 7. The zero-order chi connectivity index (χ0) is 31.1. The van der Waals surface area contributed by atoms with E-state index in [-0.39, 0.29) is 29.6 Å². The first-order valence-corrected chi connectivity index (χ1v) is 14.8. The maximum Gasteiger partial charge on any atom is 0.258 e. The molecule has 0 spiro atoms. The van der Waals surface area contributed by atoms with Gasteiger partial charge < -0.3 is 14.2 Å². The van der Waals surface area contributed by atoms with Gasteiger partial charge in [-0.1, -0.05) is 11.2 Å². The number of aromatic nitrogens is 6. The Labute approximate surface area is 257 Å². The maximum absolute atomic E-state index is 14.2. The van der Waals surface area contributed by atoms with E-state index >= 15 is 0 Å². The summed E-state index contributed by atoms with van der Waals surface area (Å²) in [6.45, 7) is 3.71. The molecular weight excluding hydrogens is 577 g/mol. The van der Waals surface area contributed by atoms with Gasteiger partial charge in [-0.05, 0) is 75.2 Å². The first kappa shape index (κ1) is 28.5. The Bertz CT molecular complexity index is 1910. The molecule has 0 bridgehead atoms. The predicted octanol–water partition coefficient (Wildman–Crippen LogP) is 5.27. The van der Waals surface area contributed by atoms with Crippen molar-refractivity contribution in [3.63, 3.8) is 0 Å². The molecule has 4 heterocycles. The van der Waals surface area contributed by atoms with Gasteiger partial charge in [0.15, 0.2) is 5.82 Å². The van der Waals surface area contributed by atoms with Crippen LogP contribution in [0, 0.1) is 0 Å². The van der Waals surface area contributed by atoms with Crippen molar-refractivity contribution in [2.45, 2.75) is 57.3 Å². The summed E-state index contributed by atoms with van der Waals surface area (Å²) in [5.41, 5.74) is 1.25. The Morgan fingerprint density at radius 1 is 1.00 bits per heavy atom. The number of amides is 1. The number of alkyl halides is 1. The first-order valence-electron chi connectivity index (χ1n) is 14.8. The van der Waals surface area contributed by atoms with Gasteiger partial charge in [-0.3, -0.25) is 14.2 Å². The Kier molecular flexibility index (Phi) is 7.19. The highest BCUT2D eigenvalue weighted by atomic mass is 19.1. The molecule has 1 aliphatic heterocycles. The van der Waals surface area contributed by atoms with Gasteiger partial charge >= 0.3 is 0 Å². The minimum atomic E-state index is -1.58. The van der Waals surface area contributed by atoms with Gasteiger partial charge in [0.2, 0.25) is 5.91 Å². The number of carbonyl (C=O) groups is 1. The monoisotopic (exact) mass is 607 g/mol. The molecule has 1 amide bonds. The molecule has 0 unspecified atom stereocenters. The quantitative estimate of drug-likeness (QED) is 0.220. The largest absolute Gasteiger partial charge is 0.457 e. The second kappa shape index (κ2) is 11.3. The van der Waals surface area contributed by atoms with Gasteiger partial charge in [-0.2, -0.15) is 15.2 Å². The van der Waals surface area contributed by atoms with Crippen LogP contribution in [0.1, 0.15) is 56.1 Å². The topological polar surface area (TPSA) is 129 Å². The highest BCUT2D eigenvalue weighted by molar-refractivity contribution is 5.80. The van der Waals surface area contributed by atoms with Crippen LogP contribution in [0.3, 0.4) is 0 Å². The minimum absolute atomic E-state index is 0.106. The standard InChI is InChI=1S/C33H30FN7O4/c1-33(2,34)28-12-11-26(37-38-28)20-5-9-25(10-6-20)44-27-15-21(3-4-22(27)17-40-19-35-14-13-29(40)42)32-36-31(39-45-32)23-16-30(43)41(18-23)24-7-8-24/h3-6,9-15,19,23-24H,7-8,16-18H2,1-2H3/t23-/m0/s1. The molecule has 1 saturated carbocycles. The van der Waals surface area contributed by atoms with Crippen LogP contribution < -0.4 is 10.3 Å². The summed E-state index contributed by atoms with van der Waals surface area (Å²) in [6.07, 6.45) is 5.41. The van der Waals surface area contributed by atoms with Gasteiger partial charge in [0.05, 0.1) is 24.3 Å². The molecule has 7 rings (SSSR count). The number of rotatable bonds is 9. The van der Waals surface area contributed by atoms with E-state index in [2.05, 4.69) is 25.3 Å². The first-order chi connectivity index (χ1) is 21.7. The van der Waals surface area contributed by atoms with Gasteiger partial charge in [-0.25, -0.2) is 9.37 Å². The molecule has 0 radical (unpaired) electrons. The van der Waals surface area contributed by atoms with Crippen molar-refractivity contribution >= 4 is 5.91 Å². The number of hydrogen-bond donors (Lipinski definition) is 0. The molecule has 5 aromatic rings. The Balaban J connectivity index is 1.15. The molecule has 1 aliphatic carbocycles. The molecule has 2 aliphatic rings. The molecule has 12 heteroatoms. The highest BCUT2D eigenvalue weighted by Crippen LogP contribution is 2.37. The van der Waals surface area contributed by atoms with Crippen LogP contribution in [0.25, 0.3) is 22.7 Å². The van der Waals surface area contributed by atoms with Crippen LogP contribution in [0.15, 0.2) is 82.5 Å². The zero-order valence-electron chi connectivity index (χ0n) is 24.8. The number of benzene rings is 2. The van der Waals surface area contributed by atoms with Crippen LogP contribution in [-0.2, 0) is 17.0 Å². The molecule has 1 saturated heterocycles. The molecule has 0 N–H and O–H groups in total. The molecule has 228 valence electrons. The SMILES string of the molecule is CC(C)(F)c1ccc(-c2ccc(Oc3cc(-c4nc([C@H]5CC(=O)N(C6CC6)C5)no4)ccc3Cn3cnccc3=O)cc2)nn1. The lowest BCUT2D eigenvalue weighted by molar-refractivity contribution is -0.128. The van der Waals surface area contributed by atoms with Crippen LogP contribution in [0.2, 0.25) is 0 Å². The van der Waals surface area contributed by atoms with Crippen molar-refractivity contribution in [1.29, 1.82) is 0 Å². The fourth-order valence-corrected chi connectivity index (χ4v) is 5.38. The molecule has 11 nitrogen and oxygen atoms in total. The van der Waals surface area contributed by atoms with Crippen molar-refractivity contribution < 1.29 is 18.4 Å². The third-order valence-corrected chi connectivity index (χ3v) is 8.05. The van der Waals surface area contributed by atoms with Gasteiger partial charge in [-0.15, -0.1) is 0 Å². The summed E-state index contributed by atoms with van der Waals surface area (Å²) in [5, 5.41) is 12.4. The lowest BCUT2D eigenvalue weighted by atomic mass is 10.1. The summed E-state index contributed by atoms with van der Waals surface area (Å²) in [7, 11) is 0. The lowest BCUT2D eigenvalue weighted by Gasteiger charge is -2.14. The van der Waals surface area contributed by atoms with E-state index in [1.165, 1.54) is 37.0 Å². The smallest absolute Gasteiger partial charge is 0.258 e. The van der Waals surface area contributed by atoms with E-state index in [1.54, 1.807) is 30.3 Å². The number of halogens is 1. The fraction of sp³-hybridized carbons (Fsp3) is 0.303. The molecule has 2 fully saturated rings. The van der Waals surface area contributed by atoms with Crippen LogP contribution in [0.5, 0.6) is 11.5 Å². The molecule has 45 heavy (non-hydrogen) atoms. The van der Waals surface area contributed by atoms with E-state index in [0.29, 0.717) is 53.5 Å². The summed E-state index contributed by atoms with van der Waals surface area (Å²) in [4.78, 5) is 35.6. The Hall–Kier alpha value is -5.26. The summed E-state index contributed by atoms with van der Waals surface area (Å²) >= 11 is 0. The van der Waals surface area contributed by atoms with Gasteiger partial charge in [0, 0.05) is 53.9 Å². The van der Waals surface area contributed by atoms with E-state index in [0.717, 1.165) is 24.0 Å². The minimum Gasteiger partial charge on any atom is -0.457 e. The van der Waals surface area contributed by atoms with Crippen molar-refractivity contribution in [1.82, 2.24) is 34.8 Å². The highest BCUT2D eigenvalue weighted by Gasteiger charge is 2.41. The van der Waals surface area contributed by atoms with E-state index < -0.39 is 5.67 Å². The predicted molar refractivity (Wildman–Crippen MR) is 161 cm³/mol. The lowest BCUT2D eigenvalue weighted by Crippen LogP contribution is -2.27. The number of likely N-dealkylation sites (tertiary alicyclic amines) is 1. The van der Waals surface area contributed by atoms with E-state index in [9.17, 15) is 14.0 Å². The Morgan fingerprint density at radius 3 is 2.51 bits per heavy atom. The number of ether oxygens (including phenoxy) is 1. The van der Waals surface area contributed by atoms with Crippen LogP contribution in [-0.4, -0.2) is 53.3 Å². The molecule has 2 aromatic carbocycles. The van der Waals surface area contributed by atoms with Crippen molar-refractivity contribution in [2.75, 3.05) is 6.54 Å². The maximum atomic E-state index is 14.2. The van der Waals surface area contributed by atoms with E-state index in [1.807, 2.05) is 29.2 Å². The van der Waals surface area contributed by atoms with Crippen LogP contribution in [0.4, 0.5) is 4.39 Å². The van der Waals surface area contributed by atoms with Gasteiger partial charge in [0.1, 0.15) is 17.2 Å². The normalized spacial score (nSPS) is 16.7. The second-order valence-electron chi connectivity index (χ2n) is 11.9. The van der Waals surface area contributed by atoms with Crippen molar-refractivity contribution in [2.24, 2.45) is 0 Å². The Morgan fingerprint density at radius 2 is 1.80 bits per heavy atom. The molecular formula is C33H30FN7O4. The van der Waals surface area contributed by atoms with Crippen molar-refractivity contribution in [3.05, 3.63) is 101 Å². The van der Waals surface area contributed by atoms with Crippen LogP contribution >= 0.6 is 0 Å². The average molecular weight is 608 g/mol. The average Bonchev–Trinajstić information content (AvgIpc) is 3.62. The zero-order valence-corrected chi connectivity index (χ0v) is 24.8. The summed E-state index contributed by atoms with van der Waals surface area (Å²) in [6, 6.07) is 17.9. The summed E-state index contributed by atoms with van der Waals surface area (Å²) < 4.78 is 27.7.